The summed E-state index contributed by atoms with van der Waals surface area (Å²) in [6, 6.07) is 18.1. The minimum atomic E-state index is -4.25. The molecule has 0 bridgehead atoms. The molecule has 0 radical (unpaired) electrons. The Balaban J connectivity index is 0.000000606. The molecular formula is C24H35LiO3S. The third kappa shape index (κ3) is 15.4. The predicted octanol–water partition coefficient (Wildman–Crippen LogP) is 3.74. The molecule has 0 aliphatic carbocycles. The van der Waals surface area contributed by atoms with Gasteiger partial charge in [-0.1, -0.05) is 113 Å². The van der Waals surface area contributed by atoms with Crippen LogP contribution < -0.4 is 18.9 Å². The number of hydrogen-bond donors (Lipinski definition) is 0. The average molecular weight is 411 g/mol. The van der Waals surface area contributed by atoms with Crippen LogP contribution in [0.5, 0.6) is 0 Å². The van der Waals surface area contributed by atoms with Crippen LogP contribution in [0.1, 0.15) is 76.7 Å². The first kappa shape index (κ1) is 27.9. The number of aryl methyl sites for hydroxylation is 1. The SMILES string of the molecule is CCCCCCCCCCCCc1ccccc1.O=S(=O)([O-])c1ccccc1.[Li+]. The van der Waals surface area contributed by atoms with Crippen molar-refractivity contribution in [2.75, 3.05) is 0 Å². The fourth-order valence-electron chi connectivity index (χ4n) is 3.05. The monoisotopic (exact) mass is 410 g/mol. The Morgan fingerprint density at radius 1 is 0.655 bits per heavy atom. The quantitative estimate of drug-likeness (QED) is 0.304. The Labute approximate surface area is 190 Å². The normalized spacial score (nSPS) is 10.6. The van der Waals surface area contributed by atoms with Gasteiger partial charge in [0.05, 0.1) is 4.90 Å². The smallest absolute Gasteiger partial charge is 0.744 e. The van der Waals surface area contributed by atoms with E-state index in [0.717, 1.165) is 0 Å². The van der Waals surface area contributed by atoms with Gasteiger partial charge in [0.15, 0.2) is 0 Å². The molecule has 0 saturated heterocycles. The fourth-order valence-corrected chi connectivity index (χ4v) is 3.54. The molecular weight excluding hydrogens is 375 g/mol. The van der Waals surface area contributed by atoms with Crippen LogP contribution in [0.25, 0.3) is 0 Å². The van der Waals surface area contributed by atoms with Gasteiger partial charge >= 0.3 is 18.9 Å². The van der Waals surface area contributed by atoms with Crippen molar-refractivity contribution in [3.63, 3.8) is 0 Å². The van der Waals surface area contributed by atoms with E-state index in [1.807, 2.05) is 0 Å². The maximum Gasteiger partial charge on any atom is 1.00 e. The average Bonchev–Trinajstić information content (AvgIpc) is 2.71. The molecule has 0 amide bonds. The first-order valence-corrected chi connectivity index (χ1v) is 12.0. The van der Waals surface area contributed by atoms with Crippen LogP contribution in [0.4, 0.5) is 0 Å². The minimum absolute atomic E-state index is 0. The van der Waals surface area contributed by atoms with Gasteiger partial charge in [-0.05, 0) is 30.5 Å². The molecule has 2 rings (SSSR count). The molecule has 3 nitrogen and oxygen atoms in total. The first-order valence-electron chi connectivity index (χ1n) is 10.6. The molecule has 0 atom stereocenters. The van der Waals surface area contributed by atoms with E-state index >= 15 is 0 Å². The number of hydrogen-bond acceptors (Lipinski definition) is 3. The van der Waals surface area contributed by atoms with E-state index < -0.39 is 10.1 Å². The molecule has 0 saturated carbocycles. The number of benzene rings is 2. The third-order valence-electron chi connectivity index (χ3n) is 4.69. The second-order valence-electron chi connectivity index (χ2n) is 7.18. The van der Waals surface area contributed by atoms with Crippen LogP contribution in [-0.4, -0.2) is 13.0 Å². The van der Waals surface area contributed by atoms with Gasteiger partial charge < -0.3 is 4.55 Å². The summed E-state index contributed by atoms with van der Waals surface area (Å²) < 4.78 is 30.8. The van der Waals surface area contributed by atoms with Crippen molar-refractivity contribution in [1.29, 1.82) is 0 Å². The Hall–Kier alpha value is -1.05. The Kier molecular flexibility index (Phi) is 17.1. The maximum atomic E-state index is 10.3. The Morgan fingerprint density at radius 2 is 1.07 bits per heavy atom. The van der Waals surface area contributed by atoms with E-state index in [9.17, 15) is 13.0 Å². The van der Waals surface area contributed by atoms with Crippen LogP contribution in [-0.2, 0) is 16.5 Å². The molecule has 0 spiro atoms. The van der Waals surface area contributed by atoms with Gasteiger partial charge in [-0.25, -0.2) is 8.42 Å². The molecule has 0 aliphatic heterocycles. The van der Waals surface area contributed by atoms with Crippen LogP contribution in [0.15, 0.2) is 65.6 Å². The van der Waals surface area contributed by atoms with Gasteiger partial charge in [-0.3, -0.25) is 0 Å². The van der Waals surface area contributed by atoms with Crippen LogP contribution >= 0.6 is 0 Å². The molecule has 2 aromatic rings. The summed E-state index contributed by atoms with van der Waals surface area (Å²) in [5.41, 5.74) is 1.50. The standard InChI is InChI=1S/C18H30.C6H6O3S.Li/c1-2-3-4-5-6-7-8-9-10-12-15-18-16-13-11-14-17-18;7-10(8,9)6-4-2-1-3-5-6;/h11,13-14,16-17H,2-10,12,15H2,1H3;1-5H,(H,7,8,9);/q;;+1/p-1. The van der Waals surface area contributed by atoms with E-state index in [4.69, 9.17) is 0 Å². The summed E-state index contributed by atoms with van der Waals surface area (Å²) >= 11 is 0. The van der Waals surface area contributed by atoms with Gasteiger partial charge in [0.2, 0.25) is 0 Å². The van der Waals surface area contributed by atoms with Crippen LogP contribution in [0.3, 0.4) is 0 Å². The topological polar surface area (TPSA) is 57.2 Å². The van der Waals surface area contributed by atoms with Gasteiger partial charge in [0, 0.05) is 0 Å². The second-order valence-corrected chi connectivity index (χ2v) is 8.56. The van der Waals surface area contributed by atoms with Crippen LogP contribution in [0, 0.1) is 0 Å². The zero-order valence-corrected chi connectivity index (χ0v) is 19.0. The van der Waals surface area contributed by atoms with Crippen molar-refractivity contribution in [1.82, 2.24) is 0 Å². The zero-order valence-electron chi connectivity index (χ0n) is 18.2. The molecule has 0 N–H and O–H groups in total. The maximum absolute atomic E-state index is 10.3. The van der Waals surface area contributed by atoms with E-state index in [1.54, 1.807) is 6.07 Å². The van der Waals surface area contributed by atoms with Gasteiger partial charge in [-0.2, -0.15) is 0 Å². The molecule has 29 heavy (non-hydrogen) atoms. The third-order valence-corrected chi connectivity index (χ3v) is 5.54. The van der Waals surface area contributed by atoms with Gasteiger partial charge in [0.25, 0.3) is 0 Å². The fraction of sp³-hybridized carbons (Fsp3) is 0.500. The summed E-state index contributed by atoms with van der Waals surface area (Å²) in [6.45, 7) is 2.28. The summed E-state index contributed by atoms with van der Waals surface area (Å²) in [4.78, 5) is -0.185. The van der Waals surface area contributed by atoms with E-state index in [-0.39, 0.29) is 23.8 Å². The van der Waals surface area contributed by atoms with Gasteiger partial charge in [-0.15, -0.1) is 0 Å². The molecule has 2 aromatic carbocycles. The van der Waals surface area contributed by atoms with E-state index in [2.05, 4.69) is 37.3 Å². The van der Waals surface area contributed by atoms with Crippen molar-refractivity contribution in [2.24, 2.45) is 0 Å². The van der Waals surface area contributed by atoms with E-state index in [1.165, 1.54) is 100 Å². The molecule has 5 heteroatoms. The summed E-state index contributed by atoms with van der Waals surface area (Å²) in [5, 5.41) is 0. The molecule has 0 fully saturated rings. The summed E-state index contributed by atoms with van der Waals surface area (Å²) in [6.07, 6.45) is 15.5. The van der Waals surface area contributed by atoms with Crippen molar-refractivity contribution in [2.45, 2.75) is 82.4 Å². The molecule has 156 valence electrons. The Morgan fingerprint density at radius 3 is 1.48 bits per heavy atom. The summed E-state index contributed by atoms with van der Waals surface area (Å²) in [7, 11) is -4.25. The molecule has 0 aliphatic rings. The number of rotatable bonds is 12. The van der Waals surface area contributed by atoms with Crippen molar-refractivity contribution >= 4 is 10.1 Å². The summed E-state index contributed by atoms with van der Waals surface area (Å²) in [5.74, 6) is 0. The molecule has 0 aromatic heterocycles. The number of unbranched alkanes of at least 4 members (excludes halogenated alkanes) is 9. The minimum Gasteiger partial charge on any atom is -0.744 e. The molecule has 0 unspecified atom stereocenters. The molecule has 0 heterocycles. The van der Waals surface area contributed by atoms with E-state index in [0.29, 0.717) is 0 Å². The van der Waals surface area contributed by atoms with Gasteiger partial charge in [0.1, 0.15) is 10.1 Å². The van der Waals surface area contributed by atoms with Crippen molar-refractivity contribution in [3.8, 4) is 0 Å². The zero-order chi connectivity index (χ0) is 20.5. The second kappa shape index (κ2) is 17.8. The largest absolute Gasteiger partial charge is 1.00 e. The van der Waals surface area contributed by atoms with Crippen molar-refractivity contribution < 1.29 is 31.8 Å². The predicted molar refractivity (Wildman–Crippen MR) is 116 cm³/mol. The Bertz CT molecular complexity index is 703. The van der Waals surface area contributed by atoms with Crippen molar-refractivity contribution in [3.05, 3.63) is 66.2 Å². The van der Waals surface area contributed by atoms with Crippen LogP contribution in [0.2, 0.25) is 0 Å². The first-order chi connectivity index (χ1) is 13.5.